The van der Waals surface area contributed by atoms with Crippen molar-refractivity contribution in [3.05, 3.63) is 77.8 Å². The highest BCUT2D eigenvalue weighted by molar-refractivity contribution is 5.94. The summed E-state index contributed by atoms with van der Waals surface area (Å²) in [6.45, 7) is 2.67. The molecule has 0 fully saturated rings. The van der Waals surface area contributed by atoms with Gasteiger partial charge in [0.2, 0.25) is 0 Å². The third-order valence-electron chi connectivity index (χ3n) is 3.70. The van der Waals surface area contributed by atoms with E-state index < -0.39 is 0 Å². The second-order valence-corrected chi connectivity index (χ2v) is 5.78. The molecule has 3 aromatic rings. The van der Waals surface area contributed by atoms with Gasteiger partial charge in [-0.1, -0.05) is 6.92 Å². The Labute approximate surface area is 156 Å². The minimum absolute atomic E-state index is 0.306. The van der Waals surface area contributed by atoms with Crippen molar-refractivity contribution < 1.29 is 18.3 Å². The van der Waals surface area contributed by atoms with Crippen LogP contribution in [0.3, 0.4) is 0 Å². The van der Waals surface area contributed by atoms with Gasteiger partial charge in [-0.2, -0.15) is 5.10 Å². The van der Waals surface area contributed by atoms with Crippen LogP contribution in [0.4, 0.5) is 4.39 Å². The molecule has 1 aromatic heterocycles. The number of halogens is 1. The number of hydrazone groups is 1. The summed E-state index contributed by atoms with van der Waals surface area (Å²) in [6.07, 6.45) is 2.33. The highest BCUT2D eigenvalue weighted by Gasteiger charge is 2.06. The molecule has 0 bridgehead atoms. The fourth-order valence-corrected chi connectivity index (χ4v) is 2.33. The van der Waals surface area contributed by atoms with Gasteiger partial charge < -0.3 is 9.15 Å². The van der Waals surface area contributed by atoms with Crippen molar-refractivity contribution in [2.24, 2.45) is 5.10 Å². The van der Waals surface area contributed by atoms with E-state index >= 15 is 0 Å². The van der Waals surface area contributed by atoms with Crippen molar-refractivity contribution in [3.8, 4) is 17.1 Å². The molecule has 0 aliphatic rings. The first-order valence-corrected chi connectivity index (χ1v) is 8.58. The summed E-state index contributed by atoms with van der Waals surface area (Å²) in [7, 11) is 0. The Morgan fingerprint density at radius 2 is 1.85 bits per heavy atom. The van der Waals surface area contributed by atoms with Crippen molar-refractivity contribution >= 4 is 12.1 Å². The second kappa shape index (κ2) is 8.80. The number of carbonyl (C=O) groups is 1. The standard InChI is InChI=1S/C21H19FN2O3/c1-2-13-26-18-9-5-16(6-10-18)21(25)24-23-14-19-11-12-20(27-19)15-3-7-17(22)8-4-15/h3-12,14H,2,13H2,1H3,(H,24,25)/b23-14+. The molecule has 0 aliphatic carbocycles. The maximum absolute atomic E-state index is 13.0. The van der Waals surface area contributed by atoms with E-state index in [4.69, 9.17) is 9.15 Å². The number of ether oxygens (including phenoxy) is 1. The minimum atomic E-state index is -0.335. The number of hydrogen-bond acceptors (Lipinski definition) is 4. The average molecular weight is 366 g/mol. The summed E-state index contributed by atoms with van der Waals surface area (Å²) in [6, 6.07) is 16.3. The van der Waals surface area contributed by atoms with Crippen LogP contribution < -0.4 is 10.2 Å². The number of amides is 1. The lowest BCUT2D eigenvalue weighted by Crippen LogP contribution is -2.17. The molecule has 1 heterocycles. The van der Waals surface area contributed by atoms with E-state index in [1.54, 1.807) is 48.5 Å². The van der Waals surface area contributed by atoms with E-state index in [-0.39, 0.29) is 11.7 Å². The average Bonchev–Trinajstić information content (AvgIpc) is 3.16. The number of benzene rings is 2. The van der Waals surface area contributed by atoms with Crippen LogP contribution in [0, 0.1) is 5.82 Å². The molecule has 0 unspecified atom stereocenters. The quantitative estimate of drug-likeness (QED) is 0.489. The molecule has 0 aliphatic heterocycles. The zero-order valence-electron chi connectivity index (χ0n) is 14.8. The lowest BCUT2D eigenvalue weighted by molar-refractivity contribution is 0.0955. The molecule has 0 spiro atoms. The van der Waals surface area contributed by atoms with Gasteiger partial charge in [-0.15, -0.1) is 0 Å². The zero-order chi connectivity index (χ0) is 19.1. The van der Waals surface area contributed by atoms with Gasteiger partial charge in [0.1, 0.15) is 23.1 Å². The molecule has 3 rings (SSSR count). The Morgan fingerprint density at radius 1 is 1.11 bits per heavy atom. The lowest BCUT2D eigenvalue weighted by atomic mass is 10.2. The fourth-order valence-electron chi connectivity index (χ4n) is 2.33. The predicted molar refractivity (Wildman–Crippen MR) is 101 cm³/mol. The van der Waals surface area contributed by atoms with Gasteiger partial charge in [0.15, 0.2) is 0 Å². The van der Waals surface area contributed by atoms with Crippen LogP contribution in [0.5, 0.6) is 5.75 Å². The summed E-state index contributed by atoms with van der Waals surface area (Å²) in [4.78, 5) is 12.1. The number of hydrogen-bond donors (Lipinski definition) is 1. The van der Waals surface area contributed by atoms with Crippen LogP contribution in [0.1, 0.15) is 29.5 Å². The van der Waals surface area contributed by atoms with Crippen LogP contribution in [0.25, 0.3) is 11.3 Å². The van der Waals surface area contributed by atoms with Crippen molar-refractivity contribution in [2.45, 2.75) is 13.3 Å². The van der Waals surface area contributed by atoms with Crippen LogP contribution in [0.2, 0.25) is 0 Å². The van der Waals surface area contributed by atoms with Crippen molar-refractivity contribution in [1.82, 2.24) is 5.43 Å². The molecule has 27 heavy (non-hydrogen) atoms. The summed E-state index contributed by atoms with van der Waals surface area (Å²) in [5.41, 5.74) is 3.68. The van der Waals surface area contributed by atoms with Crippen molar-refractivity contribution in [2.75, 3.05) is 6.61 Å². The third-order valence-corrected chi connectivity index (χ3v) is 3.70. The van der Waals surface area contributed by atoms with Crippen LogP contribution in [-0.2, 0) is 0 Å². The fraction of sp³-hybridized carbons (Fsp3) is 0.143. The van der Waals surface area contributed by atoms with E-state index in [1.165, 1.54) is 18.3 Å². The monoisotopic (exact) mass is 366 g/mol. The van der Waals surface area contributed by atoms with Gasteiger partial charge in [0.05, 0.1) is 12.8 Å². The molecule has 1 amide bonds. The van der Waals surface area contributed by atoms with Crippen molar-refractivity contribution in [3.63, 3.8) is 0 Å². The van der Waals surface area contributed by atoms with Crippen LogP contribution in [-0.4, -0.2) is 18.7 Å². The van der Waals surface area contributed by atoms with E-state index in [1.807, 2.05) is 6.92 Å². The van der Waals surface area contributed by atoms with Gasteiger partial charge in [-0.3, -0.25) is 4.79 Å². The van der Waals surface area contributed by atoms with E-state index in [2.05, 4.69) is 10.5 Å². The number of furan rings is 1. The Balaban J connectivity index is 1.57. The predicted octanol–water partition coefficient (Wildman–Crippen LogP) is 4.64. The molecule has 6 heteroatoms. The first kappa shape index (κ1) is 18.4. The normalized spacial score (nSPS) is 10.9. The molecular weight excluding hydrogens is 347 g/mol. The smallest absolute Gasteiger partial charge is 0.271 e. The van der Waals surface area contributed by atoms with Gasteiger partial charge in [0, 0.05) is 11.1 Å². The maximum atomic E-state index is 13.0. The SMILES string of the molecule is CCCOc1ccc(C(=O)N/N=C/c2ccc(-c3ccc(F)cc3)o2)cc1. The summed E-state index contributed by atoms with van der Waals surface area (Å²) in [5.74, 6) is 1.14. The topological polar surface area (TPSA) is 63.8 Å². The molecule has 1 N–H and O–H groups in total. The lowest BCUT2D eigenvalue weighted by Gasteiger charge is -2.05. The Bertz CT molecular complexity index is 915. The maximum Gasteiger partial charge on any atom is 0.271 e. The molecule has 0 radical (unpaired) electrons. The number of nitrogens with one attached hydrogen (secondary N) is 1. The largest absolute Gasteiger partial charge is 0.494 e. The summed E-state index contributed by atoms with van der Waals surface area (Å²) >= 11 is 0. The Hall–Kier alpha value is -3.41. The Kier molecular flexibility index (Phi) is 5.99. The summed E-state index contributed by atoms with van der Waals surface area (Å²) in [5, 5.41) is 3.90. The van der Waals surface area contributed by atoms with Gasteiger partial charge in [-0.05, 0) is 67.1 Å². The first-order valence-electron chi connectivity index (χ1n) is 8.58. The Morgan fingerprint density at radius 3 is 2.56 bits per heavy atom. The van der Waals surface area contributed by atoms with Crippen LogP contribution in [0.15, 0.2) is 70.2 Å². The molecule has 2 aromatic carbocycles. The number of rotatable bonds is 7. The van der Waals surface area contributed by atoms with Gasteiger partial charge in [0.25, 0.3) is 5.91 Å². The number of nitrogens with zero attached hydrogens (tertiary/aromatic N) is 1. The minimum Gasteiger partial charge on any atom is -0.494 e. The second-order valence-electron chi connectivity index (χ2n) is 5.78. The highest BCUT2D eigenvalue weighted by Crippen LogP contribution is 2.21. The summed E-state index contributed by atoms with van der Waals surface area (Å²) < 4.78 is 24.1. The van der Waals surface area contributed by atoms with Crippen LogP contribution >= 0.6 is 0 Å². The molecule has 0 atom stereocenters. The first-order chi connectivity index (χ1) is 13.2. The van der Waals surface area contributed by atoms with Crippen molar-refractivity contribution in [1.29, 1.82) is 0 Å². The van der Waals surface area contributed by atoms with E-state index in [0.717, 1.165) is 17.7 Å². The number of carbonyl (C=O) groups excluding carboxylic acids is 1. The highest BCUT2D eigenvalue weighted by atomic mass is 19.1. The zero-order valence-corrected chi connectivity index (χ0v) is 14.8. The molecule has 5 nitrogen and oxygen atoms in total. The molecule has 138 valence electrons. The van der Waals surface area contributed by atoms with Gasteiger partial charge in [-0.25, -0.2) is 9.82 Å². The molecular formula is C21H19FN2O3. The van der Waals surface area contributed by atoms with E-state index in [9.17, 15) is 9.18 Å². The van der Waals surface area contributed by atoms with Gasteiger partial charge >= 0.3 is 0 Å². The molecule has 0 saturated heterocycles. The molecule has 0 saturated carbocycles. The van der Waals surface area contributed by atoms with E-state index in [0.29, 0.717) is 23.7 Å². The third kappa shape index (κ3) is 5.04.